The minimum Gasteiger partial charge on any atom is -0.477 e. The number of carboxylic acids is 1. The highest BCUT2D eigenvalue weighted by molar-refractivity contribution is 7.98. The molecule has 0 saturated heterocycles. The van der Waals surface area contributed by atoms with Crippen LogP contribution in [0.1, 0.15) is 11.6 Å². The lowest BCUT2D eigenvalue weighted by molar-refractivity contribution is -0.132. The average molecular weight is 323 g/mol. The fourth-order valence-corrected chi connectivity index (χ4v) is 2.66. The number of rotatable bonds is 3. The van der Waals surface area contributed by atoms with E-state index >= 15 is 0 Å². The minimum absolute atomic E-state index is 0.0764. The molecule has 1 atom stereocenters. The van der Waals surface area contributed by atoms with Crippen molar-refractivity contribution in [1.82, 2.24) is 14.8 Å². The average Bonchev–Trinajstić information content (AvgIpc) is 2.89. The molecule has 108 valence electrons. The number of carboxylic acid groups (broad SMARTS) is 1. The summed E-state index contributed by atoms with van der Waals surface area (Å²) in [6.07, 6.45) is 3.46. The summed E-state index contributed by atoms with van der Waals surface area (Å²) in [4.78, 5) is 15.5. The monoisotopic (exact) mass is 322 g/mol. The van der Waals surface area contributed by atoms with Crippen LogP contribution in [0.2, 0.25) is 5.02 Å². The van der Waals surface area contributed by atoms with Crippen molar-refractivity contribution in [3.05, 3.63) is 46.6 Å². The summed E-state index contributed by atoms with van der Waals surface area (Å²) in [7, 11) is 0. The topological polar surface area (TPSA) is 80.0 Å². The fourth-order valence-electron chi connectivity index (χ4n) is 2.11. The van der Waals surface area contributed by atoms with E-state index in [1.807, 2.05) is 18.4 Å². The number of nitrogens with zero attached hydrogens (tertiary/aromatic N) is 3. The minimum atomic E-state index is -1.04. The molecule has 1 aromatic heterocycles. The Kier molecular flexibility index (Phi) is 3.60. The molecule has 2 aromatic rings. The number of benzene rings is 1. The number of thioether (sulfide) groups is 1. The van der Waals surface area contributed by atoms with Gasteiger partial charge in [0, 0.05) is 5.02 Å². The molecular formula is C13H11ClN4O2S. The predicted molar refractivity (Wildman–Crippen MR) is 80.7 cm³/mol. The molecule has 2 N–H and O–H groups in total. The van der Waals surface area contributed by atoms with E-state index in [1.165, 1.54) is 11.8 Å². The van der Waals surface area contributed by atoms with Crippen LogP contribution in [-0.4, -0.2) is 32.1 Å². The van der Waals surface area contributed by atoms with Crippen LogP contribution < -0.4 is 5.32 Å². The molecule has 21 heavy (non-hydrogen) atoms. The highest BCUT2D eigenvalue weighted by Crippen LogP contribution is 2.31. The van der Waals surface area contributed by atoms with E-state index in [0.29, 0.717) is 16.1 Å². The third-order valence-corrected chi connectivity index (χ3v) is 3.82. The molecule has 1 aliphatic heterocycles. The molecule has 0 aliphatic carbocycles. The molecule has 0 amide bonds. The SMILES string of the molecule is CSc1nc2n(n1)C(c1cccc(Cl)c1)C=C(C(=O)O)N2. The number of nitrogens with one attached hydrogen (secondary N) is 1. The van der Waals surface area contributed by atoms with Gasteiger partial charge in [-0.15, -0.1) is 5.10 Å². The van der Waals surface area contributed by atoms with Gasteiger partial charge < -0.3 is 10.4 Å². The normalized spacial score (nSPS) is 16.9. The molecule has 0 spiro atoms. The predicted octanol–water partition coefficient (Wildman–Crippen LogP) is 2.64. The van der Waals surface area contributed by atoms with E-state index in [9.17, 15) is 9.90 Å². The van der Waals surface area contributed by atoms with Crippen LogP contribution in [0.25, 0.3) is 0 Å². The van der Waals surface area contributed by atoms with E-state index in [4.69, 9.17) is 11.6 Å². The Hall–Kier alpha value is -1.99. The number of aromatic nitrogens is 3. The zero-order valence-electron chi connectivity index (χ0n) is 10.9. The van der Waals surface area contributed by atoms with Crippen LogP contribution in [0.3, 0.4) is 0 Å². The molecule has 1 unspecified atom stereocenters. The van der Waals surface area contributed by atoms with Gasteiger partial charge in [-0.1, -0.05) is 35.5 Å². The first-order chi connectivity index (χ1) is 10.1. The first kappa shape index (κ1) is 14.0. The summed E-state index contributed by atoms with van der Waals surface area (Å²) in [5.41, 5.74) is 0.925. The van der Waals surface area contributed by atoms with Crippen LogP contribution >= 0.6 is 23.4 Å². The van der Waals surface area contributed by atoms with E-state index in [2.05, 4.69) is 15.4 Å². The molecule has 0 saturated carbocycles. The Labute approximate surface area is 129 Å². The summed E-state index contributed by atoms with van der Waals surface area (Å²) >= 11 is 7.41. The largest absolute Gasteiger partial charge is 0.477 e. The van der Waals surface area contributed by atoms with Gasteiger partial charge in [0.1, 0.15) is 11.7 Å². The van der Waals surface area contributed by atoms with Gasteiger partial charge in [-0.25, -0.2) is 9.48 Å². The van der Waals surface area contributed by atoms with Crippen LogP contribution in [0.15, 0.2) is 41.2 Å². The summed E-state index contributed by atoms with van der Waals surface area (Å²) < 4.78 is 1.66. The van der Waals surface area contributed by atoms with Crippen molar-refractivity contribution in [1.29, 1.82) is 0 Å². The number of carbonyl (C=O) groups is 1. The Balaban J connectivity index is 2.12. The number of allylic oxidation sites excluding steroid dienone is 1. The number of hydrogen-bond donors (Lipinski definition) is 2. The van der Waals surface area contributed by atoms with Gasteiger partial charge in [0.15, 0.2) is 0 Å². The van der Waals surface area contributed by atoms with Gasteiger partial charge in [-0.3, -0.25) is 0 Å². The van der Waals surface area contributed by atoms with E-state index in [1.54, 1.807) is 22.9 Å². The van der Waals surface area contributed by atoms with Crippen LogP contribution in [-0.2, 0) is 4.79 Å². The van der Waals surface area contributed by atoms with E-state index < -0.39 is 5.97 Å². The number of halogens is 1. The highest BCUT2D eigenvalue weighted by atomic mass is 35.5. The van der Waals surface area contributed by atoms with Crippen molar-refractivity contribution < 1.29 is 9.90 Å². The highest BCUT2D eigenvalue weighted by Gasteiger charge is 2.27. The van der Waals surface area contributed by atoms with E-state index in [-0.39, 0.29) is 11.7 Å². The van der Waals surface area contributed by atoms with Crippen molar-refractivity contribution in [2.75, 3.05) is 11.6 Å². The maximum absolute atomic E-state index is 11.3. The molecule has 2 heterocycles. The molecule has 8 heteroatoms. The summed E-state index contributed by atoms with van der Waals surface area (Å²) in [6.45, 7) is 0. The van der Waals surface area contributed by atoms with Crippen LogP contribution in [0.4, 0.5) is 5.95 Å². The van der Waals surface area contributed by atoms with Gasteiger partial charge >= 0.3 is 5.97 Å². The molecular weight excluding hydrogens is 312 g/mol. The quantitative estimate of drug-likeness (QED) is 0.846. The summed E-state index contributed by atoms with van der Waals surface area (Å²) in [5, 5.41) is 17.5. The number of hydrogen-bond acceptors (Lipinski definition) is 5. The molecule has 6 nitrogen and oxygen atoms in total. The van der Waals surface area contributed by atoms with Crippen LogP contribution in [0.5, 0.6) is 0 Å². The van der Waals surface area contributed by atoms with Gasteiger partial charge in [0.2, 0.25) is 11.1 Å². The van der Waals surface area contributed by atoms with Crippen molar-refractivity contribution in [2.24, 2.45) is 0 Å². The maximum atomic E-state index is 11.3. The van der Waals surface area contributed by atoms with Gasteiger partial charge in [-0.05, 0) is 30.0 Å². The van der Waals surface area contributed by atoms with Gasteiger partial charge in [-0.2, -0.15) is 4.98 Å². The number of aliphatic carboxylic acids is 1. The Morgan fingerprint density at radius 3 is 3.00 bits per heavy atom. The molecule has 1 aliphatic rings. The van der Waals surface area contributed by atoms with Crippen molar-refractivity contribution in [3.8, 4) is 0 Å². The molecule has 3 rings (SSSR count). The summed E-state index contributed by atoms with van der Waals surface area (Å²) in [6, 6.07) is 6.89. The van der Waals surface area contributed by atoms with E-state index in [0.717, 1.165) is 5.56 Å². The second-order valence-electron chi connectivity index (χ2n) is 4.38. The lowest BCUT2D eigenvalue weighted by atomic mass is 10.0. The number of anilines is 1. The smallest absolute Gasteiger partial charge is 0.352 e. The zero-order valence-corrected chi connectivity index (χ0v) is 12.5. The van der Waals surface area contributed by atoms with Crippen LogP contribution in [0, 0.1) is 0 Å². The second-order valence-corrected chi connectivity index (χ2v) is 5.59. The second kappa shape index (κ2) is 5.42. The molecule has 1 aromatic carbocycles. The Morgan fingerprint density at radius 1 is 1.52 bits per heavy atom. The van der Waals surface area contributed by atoms with Gasteiger partial charge in [0.05, 0.1) is 0 Å². The third kappa shape index (κ3) is 2.62. The lowest BCUT2D eigenvalue weighted by Crippen LogP contribution is -2.24. The Bertz CT molecular complexity index is 744. The Morgan fingerprint density at radius 2 is 2.33 bits per heavy atom. The summed E-state index contributed by atoms with van der Waals surface area (Å²) in [5.74, 6) is -0.633. The lowest BCUT2D eigenvalue weighted by Gasteiger charge is -2.22. The van der Waals surface area contributed by atoms with Crippen molar-refractivity contribution in [3.63, 3.8) is 0 Å². The van der Waals surface area contributed by atoms with Gasteiger partial charge in [0.25, 0.3) is 0 Å². The fraction of sp³-hybridized carbons (Fsp3) is 0.154. The zero-order chi connectivity index (χ0) is 15.0. The number of fused-ring (bicyclic) bond motifs is 1. The maximum Gasteiger partial charge on any atom is 0.352 e. The standard InChI is InChI=1S/C13H11ClN4O2S/c1-21-13-16-12-15-9(11(19)20)6-10(18(12)17-13)7-3-2-4-8(14)5-7/h2-6,10H,1H3,(H,19,20)(H,15,16,17). The van der Waals surface area contributed by atoms with Crippen molar-refractivity contribution in [2.45, 2.75) is 11.2 Å². The van der Waals surface area contributed by atoms with Crippen molar-refractivity contribution >= 4 is 35.3 Å². The third-order valence-electron chi connectivity index (χ3n) is 3.05. The first-order valence-corrected chi connectivity index (χ1v) is 7.67. The molecule has 0 fully saturated rings. The first-order valence-electron chi connectivity index (χ1n) is 6.06. The molecule has 0 bridgehead atoms. The molecule has 0 radical (unpaired) electrons.